The summed E-state index contributed by atoms with van der Waals surface area (Å²) in [5.41, 5.74) is 5.82. The molecule has 0 saturated heterocycles. The average molecular weight is 411 g/mol. The van der Waals surface area contributed by atoms with E-state index in [1.54, 1.807) is 18.0 Å². The molecule has 1 amide bonds. The molecule has 1 aliphatic heterocycles. The second-order valence-corrected chi connectivity index (χ2v) is 9.18. The molecule has 1 saturated carbocycles. The Kier molecular flexibility index (Phi) is 4.62. The van der Waals surface area contributed by atoms with Crippen LogP contribution in [0.4, 0.5) is 0 Å². The number of nitrogens with zero attached hydrogens (tertiary/aromatic N) is 5. The molecule has 1 fully saturated rings. The van der Waals surface area contributed by atoms with Gasteiger partial charge in [0.2, 0.25) is 0 Å². The average Bonchev–Trinajstić information content (AvgIpc) is 3.48. The molecule has 1 aliphatic carbocycles. The maximum absolute atomic E-state index is 12.5. The van der Waals surface area contributed by atoms with E-state index in [0.717, 1.165) is 28.8 Å². The molecule has 31 heavy (non-hydrogen) atoms. The number of rotatable bonds is 4. The smallest absolute Gasteiger partial charge is 0.254 e. The van der Waals surface area contributed by atoms with Crippen LogP contribution in [0.15, 0.2) is 42.7 Å². The van der Waals surface area contributed by atoms with Crippen LogP contribution in [0.3, 0.4) is 0 Å². The molecule has 3 heterocycles. The number of nitriles is 1. The molecule has 0 atom stereocenters. The number of amides is 1. The van der Waals surface area contributed by atoms with Crippen molar-refractivity contribution in [1.82, 2.24) is 19.7 Å². The summed E-state index contributed by atoms with van der Waals surface area (Å²) in [5.74, 6) is 0.0208. The number of benzene rings is 1. The van der Waals surface area contributed by atoms with Gasteiger partial charge < -0.3 is 4.90 Å². The molecule has 2 aliphatic rings. The molecule has 6 heteroatoms. The third-order valence-corrected chi connectivity index (χ3v) is 6.68. The van der Waals surface area contributed by atoms with Crippen LogP contribution in [0.2, 0.25) is 0 Å². The molecule has 0 unspecified atom stereocenters. The van der Waals surface area contributed by atoms with Crippen LogP contribution < -0.4 is 0 Å². The molecule has 0 radical (unpaired) electrons. The lowest BCUT2D eigenvalue weighted by Crippen LogP contribution is -2.19. The summed E-state index contributed by atoms with van der Waals surface area (Å²) < 4.78 is 2.03. The molecule has 0 bridgehead atoms. The molecule has 156 valence electrons. The van der Waals surface area contributed by atoms with E-state index in [0.29, 0.717) is 28.9 Å². The van der Waals surface area contributed by atoms with Gasteiger partial charge in [-0.3, -0.25) is 9.48 Å². The molecule has 6 nitrogen and oxygen atoms in total. The van der Waals surface area contributed by atoms with Gasteiger partial charge in [-0.25, -0.2) is 4.98 Å². The second-order valence-electron chi connectivity index (χ2n) is 9.18. The predicted octanol–water partition coefficient (Wildman–Crippen LogP) is 4.65. The minimum Gasteiger partial charge on any atom is -0.337 e. The monoisotopic (exact) mass is 410 g/mol. The summed E-state index contributed by atoms with van der Waals surface area (Å²) in [6.45, 7) is 3.87. The van der Waals surface area contributed by atoms with Crippen molar-refractivity contribution in [1.29, 1.82) is 5.26 Å². The van der Waals surface area contributed by atoms with Crippen LogP contribution >= 0.6 is 0 Å². The van der Waals surface area contributed by atoms with Gasteiger partial charge in [0, 0.05) is 48.6 Å². The van der Waals surface area contributed by atoms with Crippen LogP contribution in [0, 0.1) is 16.7 Å². The van der Waals surface area contributed by atoms with Gasteiger partial charge in [-0.05, 0) is 42.0 Å². The van der Waals surface area contributed by atoms with Crippen molar-refractivity contribution in [3.8, 4) is 28.5 Å². The van der Waals surface area contributed by atoms with E-state index >= 15 is 0 Å². The summed E-state index contributed by atoms with van der Waals surface area (Å²) in [6.07, 6.45) is 9.01. The SMILES string of the molecule is CC1(Cn2cc(-c3ccc(C#N)nc3-c3ccc4c(c3)C(=O)N([11CH3])C4)cn2)CCCC1. The third kappa shape index (κ3) is 3.50. The standard InChI is InChI=1S/C25H25N5O/c1-25(9-3-4-10-25)16-30-15-19(13-27-30)21-8-7-20(12-26)28-23(21)17-5-6-18-14-29(2)24(31)22(18)11-17/h5-8,11,13,15H,3-4,9-10,14,16H2,1-2H3/i2-1. The maximum Gasteiger partial charge on any atom is 0.254 e. The highest BCUT2D eigenvalue weighted by Crippen LogP contribution is 2.39. The van der Waals surface area contributed by atoms with E-state index in [9.17, 15) is 10.1 Å². The number of carbonyl (C=O) groups excluding carboxylic acids is 1. The van der Waals surface area contributed by atoms with Crippen LogP contribution in [-0.4, -0.2) is 32.6 Å². The van der Waals surface area contributed by atoms with Crippen molar-refractivity contribution >= 4 is 5.91 Å². The first-order valence-electron chi connectivity index (χ1n) is 10.8. The van der Waals surface area contributed by atoms with Gasteiger partial charge in [0.1, 0.15) is 11.8 Å². The van der Waals surface area contributed by atoms with Gasteiger partial charge in [-0.1, -0.05) is 31.9 Å². The summed E-state index contributed by atoms with van der Waals surface area (Å²) >= 11 is 0. The lowest BCUT2D eigenvalue weighted by Gasteiger charge is -2.22. The molecule has 3 aromatic rings. The first-order valence-corrected chi connectivity index (χ1v) is 10.8. The zero-order chi connectivity index (χ0) is 21.6. The van der Waals surface area contributed by atoms with Crippen molar-refractivity contribution < 1.29 is 4.79 Å². The van der Waals surface area contributed by atoms with Gasteiger partial charge in [-0.15, -0.1) is 0 Å². The summed E-state index contributed by atoms with van der Waals surface area (Å²) in [5, 5.41) is 14.0. The first kappa shape index (κ1) is 19.5. The van der Waals surface area contributed by atoms with Crippen LogP contribution in [-0.2, 0) is 13.1 Å². The Balaban J connectivity index is 1.55. The maximum atomic E-state index is 12.5. The van der Waals surface area contributed by atoms with Crippen molar-refractivity contribution in [3.05, 3.63) is 59.5 Å². The van der Waals surface area contributed by atoms with Crippen LogP contribution in [0.5, 0.6) is 0 Å². The van der Waals surface area contributed by atoms with Crippen LogP contribution in [0.1, 0.15) is 54.2 Å². The molecule has 0 spiro atoms. The lowest BCUT2D eigenvalue weighted by molar-refractivity contribution is 0.0816. The fourth-order valence-corrected chi connectivity index (χ4v) is 4.93. The van der Waals surface area contributed by atoms with Gasteiger partial charge in [0.25, 0.3) is 5.91 Å². The Morgan fingerprint density at radius 3 is 2.71 bits per heavy atom. The van der Waals surface area contributed by atoms with E-state index < -0.39 is 0 Å². The Morgan fingerprint density at radius 1 is 1.13 bits per heavy atom. The van der Waals surface area contributed by atoms with Gasteiger partial charge >= 0.3 is 0 Å². The highest BCUT2D eigenvalue weighted by atomic mass is 16.2. The highest BCUT2D eigenvalue weighted by molar-refractivity contribution is 5.99. The fraction of sp³-hybridized carbons (Fsp3) is 0.360. The topological polar surface area (TPSA) is 74.8 Å². The molecule has 2 aromatic heterocycles. The van der Waals surface area contributed by atoms with E-state index in [4.69, 9.17) is 0 Å². The van der Waals surface area contributed by atoms with Gasteiger partial charge in [0.05, 0.1) is 11.9 Å². The van der Waals surface area contributed by atoms with E-state index in [1.807, 2.05) is 35.1 Å². The zero-order valence-electron chi connectivity index (χ0n) is 17.9. The van der Waals surface area contributed by atoms with E-state index in [1.165, 1.54) is 25.7 Å². The van der Waals surface area contributed by atoms with Gasteiger partial charge in [-0.2, -0.15) is 10.4 Å². The number of fused-ring (bicyclic) bond motifs is 1. The number of hydrogen-bond donors (Lipinski definition) is 0. The van der Waals surface area contributed by atoms with E-state index in [2.05, 4.69) is 29.3 Å². The normalized spacial score (nSPS) is 17.1. The first-order chi connectivity index (χ1) is 15.0. The quantitative estimate of drug-likeness (QED) is 0.627. The van der Waals surface area contributed by atoms with Crippen molar-refractivity contribution in [2.75, 3.05) is 7.05 Å². The summed E-state index contributed by atoms with van der Waals surface area (Å²) in [6, 6.07) is 11.7. The highest BCUT2D eigenvalue weighted by Gasteiger charge is 2.29. The summed E-state index contributed by atoms with van der Waals surface area (Å²) in [7, 11) is 1.81. The molecular weight excluding hydrogens is 385 g/mol. The Hall–Kier alpha value is -3.46. The molecule has 0 N–H and O–H groups in total. The van der Waals surface area contributed by atoms with Crippen LogP contribution in [0.25, 0.3) is 22.4 Å². The second kappa shape index (κ2) is 7.35. The molecular formula is C25H25N5O. The fourth-order valence-electron chi connectivity index (χ4n) is 4.93. The zero-order valence-corrected chi connectivity index (χ0v) is 17.9. The molecule has 5 rings (SSSR count). The lowest BCUT2D eigenvalue weighted by atomic mass is 9.89. The van der Waals surface area contributed by atoms with Crippen molar-refractivity contribution in [3.63, 3.8) is 0 Å². The Labute approximate surface area is 182 Å². The summed E-state index contributed by atoms with van der Waals surface area (Å²) in [4.78, 5) is 18.8. The van der Waals surface area contributed by atoms with Crippen molar-refractivity contribution in [2.45, 2.75) is 45.7 Å². The minimum atomic E-state index is 0.0208. The Morgan fingerprint density at radius 2 is 1.94 bits per heavy atom. The third-order valence-electron chi connectivity index (χ3n) is 6.68. The van der Waals surface area contributed by atoms with Crippen molar-refractivity contribution in [2.24, 2.45) is 5.41 Å². The minimum absolute atomic E-state index is 0.0208. The van der Waals surface area contributed by atoms with E-state index in [-0.39, 0.29) is 5.91 Å². The predicted molar refractivity (Wildman–Crippen MR) is 118 cm³/mol. The largest absolute Gasteiger partial charge is 0.337 e. The number of hydrogen-bond acceptors (Lipinski definition) is 4. The Bertz CT molecular complexity index is 1210. The number of pyridine rings is 1. The van der Waals surface area contributed by atoms with Gasteiger partial charge in [0.15, 0.2) is 0 Å². The molecule has 1 aromatic carbocycles. The number of aromatic nitrogens is 3. The number of carbonyl (C=O) groups is 1.